The van der Waals surface area contributed by atoms with Gasteiger partial charge in [0.2, 0.25) is 0 Å². The van der Waals surface area contributed by atoms with Gasteiger partial charge in [-0.1, -0.05) is 29.8 Å². The van der Waals surface area contributed by atoms with E-state index in [1.807, 2.05) is 24.3 Å². The Morgan fingerprint density at radius 2 is 2.00 bits per heavy atom. The van der Waals surface area contributed by atoms with E-state index in [0.29, 0.717) is 0 Å². The molecule has 1 rings (SSSR count). The molecule has 13 heavy (non-hydrogen) atoms. The third kappa shape index (κ3) is 2.92. The van der Waals surface area contributed by atoms with Crippen LogP contribution in [0.2, 0.25) is 0 Å². The summed E-state index contributed by atoms with van der Waals surface area (Å²) in [6, 6.07) is 8.02. The summed E-state index contributed by atoms with van der Waals surface area (Å²) in [6.07, 6.45) is 2.11. The van der Waals surface area contributed by atoms with Crippen LogP contribution < -0.4 is 5.48 Å². The van der Waals surface area contributed by atoms with Crippen molar-refractivity contribution in [3.8, 4) is 0 Å². The lowest BCUT2D eigenvalue weighted by Crippen LogP contribution is -1.97. The van der Waals surface area contributed by atoms with Crippen LogP contribution in [-0.2, 0) is 4.84 Å². The number of benzene rings is 1. The van der Waals surface area contributed by atoms with Gasteiger partial charge in [0.25, 0.3) is 0 Å². The van der Waals surface area contributed by atoms with Crippen LogP contribution in [0.15, 0.2) is 29.8 Å². The van der Waals surface area contributed by atoms with E-state index in [4.69, 9.17) is 4.84 Å². The molecule has 0 bridgehead atoms. The van der Waals surface area contributed by atoms with Gasteiger partial charge >= 0.3 is 0 Å². The van der Waals surface area contributed by atoms with Crippen LogP contribution in [0, 0.1) is 0 Å². The summed E-state index contributed by atoms with van der Waals surface area (Å²) in [6.45, 7) is 4.15. The highest BCUT2D eigenvalue weighted by Gasteiger charge is 1.96. The second kappa shape index (κ2) is 4.67. The molecule has 1 aromatic carbocycles. The van der Waals surface area contributed by atoms with Crippen LogP contribution in [0.4, 0.5) is 5.69 Å². The zero-order chi connectivity index (χ0) is 9.68. The SMILES string of the molecule is CONc1ccccc1C=C(C)C. The fourth-order valence-corrected chi connectivity index (χ4v) is 1.14. The first-order valence-electron chi connectivity index (χ1n) is 4.27. The third-order valence-corrected chi connectivity index (χ3v) is 1.62. The lowest BCUT2D eigenvalue weighted by Gasteiger charge is -2.06. The van der Waals surface area contributed by atoms with Crippen LogP contribution in [0.1, 0.15) is 19.4 Å². The summed E-state index contributed by atoms with van der Waals surface area (Å²) in [5, 5.41) is 0. The fraction of sp³-hybridized carbons (Fsp3) is 0.273. The Balaban J connectivity index is 2.97. The van der Waals surface area contributed by atoms with Gasteiger partial charge in [-0.25, -0.2) is 0 Å². The minimum atomic E-state index is 0.992. The Morgan fingerprint density at radius 1 is 1.31 bits per heavy atom. The van der Waals surface area contributed by atoms with Crippen LogP contribution in [0.5, 0.6) is 0 Å². The van der Waals surface area contributed by atoms with Gasteiger partial charge in [-0.2, -0.15) is 0 Å². The number of nitrogens with one attached hydrogen (secondary N) is 1. The van der Waals surface area contributed by atoms with Gasteiger partial charge in [-0.05, 0) is 25.5 Å². The maximum atomic E-state index is 4.87. The lowest BCUT2D eigenvalue weighted by atomic mass is 10.1. The molecule has 0 spiro atoms. The van der Waals surface area contributed by atoms with Crippen molar-refractivity contribution in [1.82, 2.24) is 0 Å². The summed E-state index contributed by atoms with van der Waals surface area (Å²) in [5.74, 6) is 0. The minimum absolute atomic E-state index is 0.992. The molecule has 2 nitrogen and oxygen atoms in total. The molecule has 0 radical (unpaired) electrons. The van der Waals surface area contributed by atoms with Gasteiger partial charge in [0, 0.05) is 0 Å². The summed E-state index contributed by atoms with van der Waals surface area (Å²) in [5.41, 5.74) is 6.24. The van der Waals surface area contributed by atoms with Crippen LogP contribution in [-0.4, -0.2) is 7.11 Å². The normalized spacial score (nSPS) is 9.46. The molecule has 2 heteroatoms. The van der Waals surface area contributed by atoms with E-state index >= 15 is 0 Å². The van der Waals surface area contributed by atoms with Crippen molar-refractivity contribution in [3.63, 3.8) is 0 Å². The van der Waals surface area contributed by atoms with Crippen molar-refractivity contribution in [2.75, 3.05) is 12.6 Å². The molecule has 0 amide bonds. The summed E-state index contributed by atoms with van der Waals surface area (Å²) in [4.78, 5) is 4.87. The van der Waals surface area contributed by atoms with Gasteiger partial charge < -0.3 is 0 Å². The number of hydrogen-bond donors (Lipinski definition) is 1. The minimum Gasteiger partial charge on any atom is -0.279 e. The number of allylic oxidation sites excluding steroid dienone is 1. The smallest absolute Gasteiger partial charge is 0.0676 e. The highest BCUT2D eigenvalue weighted by Crippen LogP contribution is 2.17. The highest BCUT2D eigenvalue weighted by atomic mass is 16.6. The van der Waals surface area contributed by atoms with Gasteiger partial charge in [0.1, 0.15) is 0 Å². The Kier molecular flexibility index (Phi) is 3.53. The zero-order valence-electron chi connectivity index (χ0n) is 8.29. The molecule has 0 heterocycles. The quantitative estimate of drug-likeness (QED) is 0.716. The van der Waals surface area contributed by atoms with E-state index < -0.39 is 0 Å². The number of rotatable bonds is 3. The van der Waals surface area contributed by atoms with Gasteiger partial charge in [0.05, 0.1) is 12.8 Å². The zero-order valence-corrected chi connectivity index (χ0v) is 8.29. The van der Waals surface area contributed by atoms with Gasteiger partial charge in [0.15, 0.2) is 0 Å². The van der Waals surface area contributed by atoms with Crippen molar-refractivity contribution in [3.05, 3.63) is 35.4 Å². The maximum absolute atomic E-state index is 4.87. The first-order chi connectivity index (χ1) is 6.24. The third-order valence-electron chi connectivity index (χ3n) is 1.62. The molecule has 70 valence electrons. The van der Waals surface area contributed by atoms with Crippen LogP contribution >= 0.6 is 0 Å². The average molecular weight is 177 g/mol. The largest absolute Gasteiger partial charge is 0.279 e. The van der Waals surface area contributed by atoms with E-state index in [2.05, 4.69) is 25.4 Å². The maximum Gasteiger partial charge on any atom is 0.0676 e. The second-order valence-electron chi connectivity index (χ2n) is 3.12. The fourth-order valence-electron chi connectivity index (χ4n) is 1.14. The predicted molar refractivity (Wildman–Crippen MR) is 56.4 cm³/mol. The van der Waals surface area contributed by atoms with Crippen molar-refractivity contribution >= 4 is 11.8 Å². The Labute approximate surface area is 79.2 Å². The molecule has 1 N–H and O–H groups in total. The molecule has 0 saturated heterocycles. The molecule has 0 saturated carbocycles. The van der Waals surface area contributed by atoms with E-state index in [1.165, 1.54) is 5.57 Å². The Hall–Kier alpha value is -1.28. The number of hydrogen-bond acceptors (Lipinski definition) is 2. The first kappa shape index (κ1) is 9.81. The monoisotopic (exact) mass is 177 g/mol. The topological polar surface area (TPSA) is 21.3 Å². The standard InChI is InChI=1S/C11H15NO/c1-9(2)8-10-6-4-5-7-11(10)12-13-3/h4-8,12H,1-3H3. The molecule has 0 aliphatic heterocycles. The van der Waals surface area contributed by atoms with E-state index in [1.54, 1.807) is 7.11 Å². The number of para-hydroxylation sites is 1. The number of anilines is 1. The summed E-state index contributed by atoms with van der Waals surface area (Å²) in [7, 11) is 1.61. The van der Waals surface area contributed by atoms with Crippen molar-refractivity contribution < 1.29 is 4.84 Å². The molecule has 0 aliphatic carbocycles. The molecule has 0 aliphatic rings. The molecule has 0 fully saturated rings. The molecule has 0 atom stereocenters. The van der Waals surface area contributed by atoms with Gasteiger partial charge in [-0.15, -0.1) is 0 Å². The summed E-state index contributed by atoms with van der Waals surface area (Å²) < 4.78 is 0. The van der Waals surface area contributed by atoms with Crippen molar-refractivity contribution in [1.29, 1.82) is 0 Å². The Bertz CT molecular complexity index is 301. The summed E-state index contributed by atoms with van der Waals surface area (Å²) >= 11 is 0. The van der Waals surface area contributed by atoms with Crippen molar-refractivity contribution in [2.24, 2.45) is 0 Å². The van der Waals surface area contributed by atoms with Crippen molar-refractivity contribution in [2.45, 2.75) is 13.8 Å². The van der Waals surface area contributed by atoms with Gasteiger partial charge in [-0.3, -0.25) is 10.3 Å². The predicted octanol–water partition coefficient (Wildman–Crippen LogP) is 3.08. The van der Waals surface area contributed by atoms with Crippen LogP contribution in [0.25, 0.3) is 6.08 Å². The molecule has 1 aromatic rings. The molecular formula is C11H15NO. The highest BCUT2D eigenvalue weighted by molar-refractivity contribution is 5.66. The Morgan fingerprint density at radius 3 is 2.62 bits per heavy atom. The second-order valence-corrected chi connectivity index (χ2v) is 3.12. The van der Waals surface area contributed by atoms with Crippen LogP contribution in [0.3, 0.4) is 0 Å². The first-order valence-corrected chi connectivity index (χ1v) is 4.27. The average Bonchev–Trinajstić information content (AvgIpc) is 2.08. The lowest BCUT2D eigenvalue weighted by molar-refractivity contribution is 0.271. The van der Waals surface area contributed by atoms with E-state index in [0.717, 1.165) is 11.3 Å². The van der Waals surface area contributed by atoms with E-state index in [-0.39, 0.29) is 0 Å². The van der Waals surface area contributed by atoms with E-state index in [9.17, 15) is 0 Å². The molecule has 0 aromatic heterocycles. The molecular weight excluding hydrogens is 162 g/mol. The molecule has 0 unspecified atom stereocenters.